The molecule has 0 aliphatic carbocycles. The van der Waals surface area contributed by atoms with Crippen LogP contribution in [0.5, 0.6) is 0 Å². The third kappa shape index (κ3) is 25.2. The molecule has 0 fully saturated rings. The summed E-state index contributed by atoms with van der Waals surface area (Å²) in [5.74, 6) is 0. The van der Waals surface area contributed by atoms with Crippen molar-refractivity contribution in [2.24, 2.45) is 5.41 Å². The van der Waals surface area contributed by atoms with Gasteiger partial charge in [0.2, 0.25) is 0 Å². The van der Waals surface area contributed by atoms with Gasteiger partial charge in [0.25, 0.3) is 0 Å². The summed E-state index contributed by atoms with van der Waals surface area (Å²) in [6, 6.07) is 0. The van der Waals surface area contributed by atoms with Crippen molar-refractivity contribution in [3.8, 4) is 0 Å². The summed E-state index contributed by atoms with van der Waals surface area (Å²) in [5, 5.41) is 0. The molecule has 10 nitrogen and oxygen atoms in total. The molecule has 0 aliphatic rings. The van der Waals surface area contributed by atoms with Gasteiger partial charge in [-0.05, 0) is 18.3 Å². The first-order chi connectivity index (χ1) is 13.2. The van der Waals surface area contributed by atoms with Crippen LogP contribution in [-0.2, 0) is 29.5 Å². The van der Waals surface area contributed by atoms with Crippen LogP contribution in [0.15, 0.2) is 14.4 Å². The second-order valence-corrected chi connectivity index (χ2v) is 15.4. The molecule has 36 heavy (non-hydrogen) atoms. The van der Waals surface area contributed by atoms with E-state index in [9.17, 15) is 14.4 Å². The zero-order valence-electron chi connectivity index (χ0n) is 19.2. The fraction of sp³-hybridized carbons (Fsp3) is 0.880. The van der Waals surface area contributed by atoms with Gasteiger partial charge in [-0.15, -0.1) is 0 Å². The molecular weight excluding hydrogens is 482 g/mol. The number of aromatic nitrogens is 3. The van der Waals surface area contributed by atoms with E-state index in [2.05, 4.69) is 47.0 Å². The predicted octanol–water partition coefficient (Wildman–Crippen LogP) is 6.68. The summed E-state index contributed by atoms with van der Waals surface area (Å²) < 4.78 is 12.6. The Morgan fingerprint density at radius 1 is 0.639 bits per heavy atom. The molecule has 0 unspecified atom stereocenters. The number of methoxy groups -OCH3 is 2. The molecule has 0 saturated heterocycles. The number of hydrogen-bond acceptors (Lipinski definition) is 7. The van der Waals surface area contributed by atoms with Crippen LogP contribution in [0.3, 0.4) is 0 Å². The van der Waals surface area contributed by atoms with Crippen LogP contribution < -0.4 is 17.1 Å². The molecule has 1 rings (SSSR count). The monoisotopic (exact) mass is 547 g/mol. The second-order valence-electron chi connectivity index (χ2n) is 9.36. The van der Waals surface area contributed by atoms with Gasteiger partial charge in [0.05, 0.1) is 0 Å². The Morgan fingerprint density at radius 2 is 0.889 bits per heavy atom. The highest BCUT2D eigenvalue weighted by molar-refractivity contribution is 6.74. The molecule has 1 heterocycles. The maximum Gasteiger partial charge on any atom is 0.340 e. The molecule has 0 amide bonds. The zero-order chi connectivity index (χ0) is 23.4. The number of nitrogens with zero attached hydrogens (tertiary/aromatic N) is 3. The van der Waals surface area contributed by atoms with E-state index < -0.39 is 25.1 Å². The number of ether oxygens (including phenoxy) is 2. The molecule has 0 atom stereocenters. The standard InChI is InChI=1S/C14H25N3O5.C4H12Si.7CH4.O2/c1-14(2,3)7-6-8-15-11(18)16(9-21-4)13(20)17(10-22-5)12(15)19;1-5(2,3)4;;;;;;;;1-2/h6-10H2,1-5H3;1-4H3;7*1H4;. The molecule has 1 aromatic rings. The van der Waals surface area contributed by atoms with Gasteiger partial charge in [0.1, 0.15) is 13.5 Å². The smallest absolute Gasteiger partial charge is 0.340 e. The molecule has 0 saturated carbocycles. The number of rotatable bonds is 7. The summed E-state index contributed by atoms with van der Waals surface area (Å²) in [7, 11) is 2.14. The van der Waals surface area contributed by atoms with Crippen molar-refractivity contribution in [1.29, 1.82) is 0 Å². The van der Waals surface area contributed by atoms with E-state index in [4.69, 9.17) is 19.4 Å². The van der Waals surface area contributed by atoms with Crippen molar-refractivity contribution >= 4 is 8.07 Å². The van der Waals surface area contributed by atoms with Crippen molar-refractivity contribution in [2.45, 2.75) is 132 Å². The molecule has 0 N–H and O–H groups in total. The molecule has 0 aliphatic heterocycles. The van der Waals surface area contributed by atoms with Crippen molar-refractivity contribution in [2.75, 3.05) is 14.2 Å². The molecule has 0 bridgehead atoms. The summed E-state index contributed by atoms with van der Waals surface area (Å²) in [6.45, 7) is 15.4. The Balaban J connectivity index is -0.0000000667. The Kier molecular flexibility index (Phi) is 45.7. The van der Waals surface area contributed by atoms with Crippen LogP contribution in [0, 0.1) is 15.3 Å². The third-order valence-electron chi connectivity index (χ3n) is 3.21. The van der Waals surface area contributed by atoms with Crippen LogP contribution in [0.25, 0.3) is 0 Å². The molecule has 11 heteroatoms. The maximum absolute atomic E-state index is 12.3. The largest absolute Gasteiger partial charge is 0.364 e. The minimum atomic E-state index is -0.731. The van der Waals surface area contributed by atoms with Crippen LogP contribution in [0.4, 0.5) is 0 Å². The normalized spacial score (nSPS) is 9.03. The van der Waals surface area contributed by atoms with Crippen LogP contribution in [-0.4, -0.2) is 36.0 Å². The first-order valence-electron chi connectivity index (χ1n) is 9.32. The third-order valence-corrected chi connectivity index (χ3v) is 3.21. The van der Waals surface area contributed by atoms with Crippen molar-refractivity contribution < 1.29 is 9.47 Å². The van der Waals surface area contributed by atoms with Crippen LogP contribution in [0.2, 0.25) is 26.2 Å². The van der Waals surface area contributed by atoms with Crippen molar-refractivity contribution in [3.05, 3.63) is 41.4 Å². The van der Waals surface area contributed by atoms with Gasteiger partial charge in [0, 0.05) is 38.8 Å². The van der Waals surface area contributed by atoms with Crippen LogP contribution >= 0.6 is 0 Å². The van der Waals surface area contributed by atoms with E-state index in [0.717, 1.165) is 20.1 Å². The minimum absolute atomic E-state index is 0. The lowest BCUT2D eigenvalue weighted by Gasteiger charge is -2.18. The summed E-state index contributed by atoms with van der Waals surface area (Å²) >= 11 is 0. The molecular formula is C25H65N3O7Si. The lowest BCUT2D eigenvalue weighted by atomic mass is 9.91. The topological polar surface area (TPSA) is 119 Å². The molecule has 0 spiro atoms. The van der Waals surface area contributed by atoms with E-state index in [1.807, 2.05) is 0 Å². The van der Waals surface area contributed by atoms with E-state index in [-0.39, 0.29) is 77.4 Å². The molecule has 0 aromatic carbocycles. The van der Waals surface area contributed by atoms with Gasteiger partial charge in [-0.3, -0.25) is 0 Å². The maximum atomic E-state index is 12.3. The highest BCUT2D eigenvalue weighted by Crippen LogP contribution is 2.20. The van der Waals surface area contributed by atoms with Gasteiger partial charge in [-0.2, -0.15) is 0 Å². The van der Waals surface area contributed by atoms with E-state index in [1.165, 1.54) is 14.2 Å². The Hall–Kier alpha value is -1.85. The summed E-state index contributed by atoms with van der Waals surface area (Å²) in [6.07, 6.45) is 1.52. The Labute approximate surface area is 224 Å². The first-order valence-corrected chi connectivity index (χ1v) is 13.3. The van der Waals surface area contributed by atoms with Gasteiger partial charge in [-0.25, -0.2) is 28.1 Å². The van der Waals surface area contributed by atoms with Gasteiger partial charge >= 0.3 is 17.1 Å². The van der Waals surface area contributed by atoms with Gasteiger partial charge in [0.15, 0.2) is 0 Å². The van der Waals surface area contributed by atoms with Gasteiger partial charge < -0.3 is 9.47 Å². The second kappa shape index (κ2) is 27.7. The van der Waals surface area contributed by atoms with Crippen LogP contribution in [0.1, 0.15) is 85.6 Å². The number of hydrogen-bond donors (Lipinski definition) is 0. The van der Waals surface area contributed by atoms with Crippen molar-refractivity contribution in [1.82, 2.24) is 13.7 Å². The average molecular weight is 548 g/mol. The predicted molar refractivity (Wildman–Crippen MR) is 165 cm³/mol. The molecule has 1 aromatic heterocycles. The SMILES string of the molecule is C.C.C.C.C.C.C.COCn1c(=O)n(CCCC(C)(C)C)c(=O)n(COC)c1=O.C[Si](C)(C)C.O=O. The zero-order valence-corrected chi connectivity index (χ0v) is 20.2. The minimum Gasteiger partial charge on any atom is -0.364 e. The van der Waals surface area contributed by atoms with Gasteiger partial charge in [-0.1, -0.05) is 98.9 Å². The average Bonchev–Trinajstić information content (AvgIpc) is 2.58. The molecule has 226 valence electrons. The van der Waals surface area contributed by atoms with E-state index in [1.54, 1.807) is 0 Å². The summed E-state index contributed by atoms with van der Waals surface area (Å²) in [4.78, 5) is 50.7. The Bertz CT molecular complexity index is 724. The highest BCUT2D eigenvalue weighted by Gasteiger charge is 2.16. The Morgan fingerprint density at radius 3 is 1.11 bits per heavy atom. The van der Waals surface area contributed by atoms with E-state index in [0.29, 0.717) is 6.42 Å². The van der Waals surface area contributed by atoms with Crippen molar-refractivity contribution in [3.63, 3.8) is 0 Å². The quantitative estimate of drug-likeness (QED) is 0.349. The fourth-order valence-corrected chi connectivity index (χ4v) is 2.12. The highest BCUT2D eigenvalue weighted by atomic mass is 28.3. The summed E-state index contributed by atoms with van der Waals surface area (Å²) in [5.41, 5.74) is -1.93. The lowest BCUT2D eigenvalue weighted by Crippen LogP contribution is -2.54. The van der Waals surface area contributed by atoms with E-state index >= 15 is 0 Å². The fourth-order valence-electron chi connectivity index (χ4n) is 2.12. The first kappa shape index (κ1) is 59.3. The molecule has 0 radical (unpaired) electrons. The lowest BCUT2D eigenvalue weighted by molar-refractivity contribution is 0.0962.